The summed E-state index contributed by atoms with van der Waals surface area (Å²) < 4.78 is 0. The first kappa shape index (κ1) is 13.8. The van der Waals surface area contributed by atoms with Gasteiger partial charge in [0.05, 0.1) is 6.04 Å². The van der Waals surface area contributed by atoms with Gasteiger partial charge >= 0.3 is 0 Å². The van der Waals surface area contributed by atoms with E-state index in [1.165, 1.54) is 32.2 Å². The van der Waals surface area contributed by atoms with Gasteiger partial charge in [-0.05, 0) is 51.7 Å². The number of nitrogens with zero attached hydrogens (tertiary/aromatic N) is 2. The van der Waals surface area contributed by atoms with Crippen molar-refractivity contribution in [2.45, 2.75) is 38.1 Å². The lowest BCUT2D eigenvalue weighted by Gasteiger charge is -2.34. The number of piperidine rings is 2. The number of amides is 1. The number of nitrogens with one attached hydrogen (secondary N) is 1. The molecule has 4 heteroatoms. The average molecular weight is 253 g/mol. The summed E-state index contributed by atoms with van der Waals surface area (Å²) in [4.78, 5) is 16.6. The largest absolute Gasteiger partial charge is 0.344 e. The molecule has 0 radical (unpaired) electrons. The average Bonchev–Trinajstić information content (AvgIpc) is 2.39. The predicted octanol–water partition coefficient (Wildman–Crippen LogP) is 0.929. The number of carbonyl (C=O) groups excluding carboxylic acids is 1. The molecule has 104 valence electrons. The number of hydrogen-bond acceptors (Lipinski definition) is 3. The van der Waals surface area contributed by atoms with Gasteiger partial charge in [0.1, 0.15) is 0 Å². The van der Waals surface area contributed by atoms with E-state index in [9.17, 15) is 4.79 Å². The monoisotopic (exact) mass is 253 g/mol. The van der Waals surface area contributed by atoms with Crippen molar-refractivity contribution in [1.29, 1.82) is 0 Å². The van der Waals surface area contributed by atoms with E-state index < -0.39 is 0 Å². The minimum absolute atomic E-state index is 0.0741. The van der Waals surface area contributed by atoms with Gasteiger partial charge in [0.15, 0.2) is 0 Å². The Morgan fingerprint density at radius 2 is 2.17 bits per heavy atom. The Labute approximate surface area is 111 Å². The van der Waals surface area contributed by atoms with Gasteiger partial charge in [-0.3, -0.25) is 4.79 Å². The lowest BCUT2D eigenvalue weighted by Crippen LogP contribution is -2.49. The van der Waals surface area contributed by atoms with Gasteiger partial charge in [-0.2, -0.15) is 0 Å². The van der Waals surface area contributed by atoms with Gasteiger partial charge in [-0.1, -0.05) is 6.42 Å². The van der Waals surface area contributed by atoms with Crippen molar-refractivity contribution in [2.75, 3.05) is 40.3 Å². The lowest BCUT2D eigenvalue weighted by atomic mass is 9.97. The van der Waals surface area contributed by atoms with E-state index in [1.54, 1.807) is 0 Å². The number of hydrogen-bond donors (Lipinski definition) is 1. The maximum atomic E-state index is 12.3. The molecule has 0 aromatic heterocycles. The van der Waals surface area contributed by atoms with E-state index in [1.807, 2.05) is 11.9 Å². The van der Waals surface area contributed by atoms with E-state index in [0.29, 0.717) is 11.8 Å². The molecule has 2 heterocycles. The second-order valence-corrected chi connectivity index (χ2v) is 5.99. The Kier molecular flexibility index (Phi) is 5.01. The van der Waals surface area contributed by atoms with Crippen molar-refractivity contribution < 1.29 is 4.79 Å². The molecule has 0 spiro atoms. The highest BCUT2D eigenvalue weighted by Crippen LogP contribution is 2.17. The van der Waals surface area contributed by atoms with Crippen LogP contribution in [0.1, 0.15) is 32.1 Å². The van der Waals surface area contributed by atoms with Crippen molar-refractivity contribution in [3.8, 4) is 0 Å². The molecule has 4 nitrogen and oxygen atoms in total. The van der Waals surface area contributed by atoms with Crippen LogP contribution in [0.4, 0.5) is 0 Å². The summed E-state index contributed by atoms with van der Waals surface area (Å²) in [6, 6.07) is 0.0741. The molecular weight excluding hydrogens is 226 g/mol. The Bertz CT molecular complexity index is 276. The quantitative estimate of drug-likeness (QED) is 0.813. The van der Waals surface area contributed by atoms with E-state index in [0.717, 1.165) is 26.1 Å². The third-order valence-corrected chi connectivity index (χ3v) is 4.24. The van der Waals surface area contributed by atoms with E-state index >= 15 is 0 Å². The molecule has 2 atom stereocenters. The Morgan fingerprint density at radius 1 is 1.33 bits per heavy atom. The fraction of sp³-hybridized carbons (Fsp3) is 0.929. The lowest BCUT2D eigenvalue weighted by molar-refractivity contribution is -0.133. The normalized spacial score (nSPS) is 30.1. The first-order valence-electron chi connectivity index (χ1n) is 7.33. The first-order chi connectivity index (χ1) is 8.66. The second-order valence-electron chi connectivity index (χ2n) is 5.99. The molecule has 0 saturated carbocycles. The van der Waals surface area contributed by atoms with Crippen LogP contribution in [0.3, 0.4) is 0 Å². The SMILES string of the molecule is CN1CCCC(CN(C)C(=O)C2CCCCN2)C1. The van der Waals surface area contributed by atoms with Crippen LogP contribution in [0.2, 0.25) is 0 Å². The third-order valence-electron chi connectivity index (χ3n) is 4.24. The first-order valence-corrected chi connectivity index (χ1v) is 7.33. The van der Waals surface area contributed by atoms with Crippen LogP contribution in [-0.2, 0) is 4.79 Å². The van der Waals surface area contributed by atoms with E-state index in [2.05, 4.69) is 17.3 Å². The van der Waals surface area contributed by atoms with Crippen LogP contribution in [0.25, 0.3) is 0 Å². The van der Waals surface area contributed by atoms with Gasteiger partial charge < -0.3 is 15.1 Å². The van der Waals surface area contributed by atoms with Gasteiger partial charge in [0, 0.05) is 20.1 Å². The van der Waals surface area contributed by atoms with E-state index in [-0.39, 0.29) is 6.04 Å². The van der Waals surface area contributed by atoms with Crippen molar-refractivity contribution in [2.24, 2.45) is 5.92 Å². The standard InChI is InChI=1S/C14H27N3O/c1-16-9-5-6-12(10-16)11-17(2)14(18)13-7-3-4-8-15-13/h12-13,15H,3-11H2,1-2H3. The number of likely N-dealkylation sites (N-methyl/N-ethyl adjacent to an activating group) is 1. The van der Waals surface area contributed by atoms with Crippen LogP contribution in [0.5, 0.6) is 0 Å². The third kappa shape index (κ3) is 3.69. The molecule has 18 heavy (non-hydrogen) atoms. The Morgan fingerprint density at radius 3 is 2.83 bits per heavy atom. The molecular formula is C14H27N3O. The van der Waals surface area contributed by atoms with Gasteiger partial charge in [0.25, 0.3) is 0 Å². The zero-order valence-corrected chi connectivity index (χ0v) is 11.8. The van der Waals surface area contributed by atoms with Gasteiger partial charge in [0.2, 0.25) is 5.91 Å². The van der Waals surface area contributed by atoms with Crippen molar-refractivity contribution >= 4 is 5.91 Å². The number of carbonyl (C=O) groups is 1. The fourth-order valence-electron chi connectivity index (χ4n) is 3.23. The summed E-state index contributed by atoms with van der Waals surface area (Å²) in [5, 5.41) is 3.34. The molecule has 2 unspecified atom stereocenters. The summed E-state index contributed by atoms with van der Waals surface area (Å²) in [5.74, 6) is 0.948. The molecule has 0 aromatic rings. The molecule has 1 amide bonds. The maximum Gasteiger partial charge on any atom is 0.239 e. The summed E-state index contributed by atoms with van der Waals surface area (Å²) in [6.07, 6.45) is 5.93. The number of rotatable bonds is 3. The molecule has 2 rings (SSSR count). The van der Waals surface area contributed by atoms with Crippen LogP contribution in [0.15, 0.2) is 0 Å². The van der Waals surface area contributed by atoms with Crippen molar-refractivity contribution in [3.63, 3.8) is 0 Å². The minimum atomic E-state index is 0.0741. The predicted molar refractivity (Wildman–Crippen MR) is 73.5 cm³/mol. The van der Waals surface area contributed by atoms with Crippen LogP contribution in [0, 0.1) is 5.92 Å². The minimum Gasteiger partial charge on any atom is -0.344 e. The van der Waals surface area contributed by atoms with Crippen LogP contribution < -0.4 is 5.32 Å². The second kappa shape index (κ2) is 6.53. The highest BCUT2D eigenvalue weighted by atomic mass is 16.2. The Hall–Kier alpha value is -0.610. The summed E-state index contributed by atoms with van der Waals surface area (Å²) in [6.45, 7) is 4.26. The molecule has 2 fully saturated rings. The topological polar surface area (TPSA) is 35.6 Å². The molecule has 1 N–H and O–H groups in total. The molecule has 2 aliphatic heterocycles. The highest BCUT2D eigenvalue weighted by molar-refractivity contribution is 5.81. The van der Waals surface area contributed by atoms with Crippen LogP contribution >= 0.6 is 0 Å². The van der Waals surface area contributed by atoms with E-state index in [4.69, 9.17) is 0 Å². The maximum absolute atomic E-state index is 12.3. The molecule has 2 aliphatic rings. The molecule has 0 aliphatic carbocycles. The van der Waals surface area contributed by atoms with Crippen LogP contribution in [-0.4, -0.2) is 62.0 Å². The molecule has 2 saturated heterocycles. The zero-order chi connectivity index (χ0) is 13.0. The summed E-state index contributed by atoms with van der Waals surface area (Å²) >= 11 is 0. The zero-order valence-electron chi connectivity index (χ0n) is 11.8. The highest BCUT2D eigenvalue weighted by Gasteiger charge is 2.26. The van der Waals surface area contributed by atoms with Gasteiger partial charge in [-0.15, -0.1) is 0 Å². The van der Waals surface area contributed by atoms with Gasteiger partial charge in [-0.25, -0.2) is 0 Å². The molecule has 0 aromatic carbocycles. The summed E-state index contributed by atoms with van der Waals surface area (Å²) in [5.41, 5.74) is 0. The molecule has 0 bridgehead atoms. The number of likely N-dealkylation sites (tertiary alicyclic amines) is 1. The fourth-order valence-corrected chi connectivity index (χ4v) is 3.23. The van der Waals surface area contributed by atoms with Crippen molar-refractivity contribution in [3.05, 3.63) is 0 Å². The van der Waals surface area contributed by atoms with Crippen molar-refractivity contribution in [1.82, 2.24) is 15.1 Å². The summed E-state index contributed by atoms with van der Waals surface area (Å²) in [7, 11) is 4.14. The Balaban J connectivity index is 1.79. The smallest absolute Gasteiger partial charge is 0.239 e.